The number of nitriles is 1. The third-order valence-corrected chi connectivity index (χ3v) is 6.26. The number of amides is 1. The van der Waals surface area contributed by atoms with Crippen molar-refractivity contribution in [1.29, 1.82) is 5.26 Å². The number of nitrogens with zero attached hydrogens (tertiary/aromatic N) is 3. The second-order valence-corrected chi connectivity index (χ2v) is 7.87. The van der Waals surface area contributed by atoms with Crippen LogP contribution in [0.5, 0.6) is 0 Å². The summed E-state index contributed by atoms with van der Waals surface area (Å²) in [5.41, 5.74) is 0.915. The molecule has 0 aliphatic carbocycles. The van der Waals surface area contributed by atoms with Gasteiger partial charge in [-0.3, -0.25) is 9.69 Å². The fourth-order valence-corrected chi connectivity index (χ4v) is 4.62. The molecule has 0 spiro atoms. The van der Waals surface area contributed by atoms with Crippen molar-refractivity contribution in [3.63, 3.8) is 0 Å². The van der Waals surface area contributed by atoms with Gasteiger partial charge in [-0.1, -0.05) is 0 Å². The molecule has 2 atom stereocenters. The van der Waals surface area contributed by atoms with Crippen molar-refractivity contribution in [2.45, 2.75) is 42.0 Å². The zero-order valence-corrected chi connectivity index (χ0v) is 15.3. The van der Waals surface area contributed by atoms with E-state index < -0.39 is 0 Å². The summed E-state index contributed by atoms with van der Waals surface area (Å²) >= 11 is 1.32. The first-order chi connectivity index (χ1) is 12.6. The van der Waals surface area contributed by atoms with Crippen LogP contribution in [0, 0.1) is 17.2 Å². The molecule has 3 saturated heterocycles. The lowest BCUT2D eigenvalue weighted by atomic mass is 9.79. The van der Waals surface area contributed by atoms with Gasteiger partial charge < -0.3 is 9.73 Å². The molecule has 6 nitrogen and oxygen atoms in total. The van der Waals surface area contributed by atoms with Gasteiger partial charge in [0.15, 0.2) is 5.69 Å². The number of aromatic nitrogens is 1. The summed E-state index contributed by atoms with van der Waals surface area (Å²) in [4.78, 5) is 20.1. The van der Waals surface area contributed by atoms with Gasteiger partial charge in [-0.2, -0.15) is 10.2 Å². The summed E-state index contributed by atoms with van der Waals surface area (Å²) in [5, 5.41) is 12.4. The van der Waals surface area contributed by atoms with Crippen LogP contribution < -0.4 is 5.32 Å². The highest BCUT2D eigenvalue weighted by atomic mass is 32.2. The minimum absolute atomic E-state index is 0.0185. The first-order valence-electron chi connectivity index (χ1n) is 8.82. The maximum atomic E-state index is 12.6. The predicted molar refractivity (Wildman–Crippen MR) is 96.8 cm³/mol. The number of oxazole rings is 1. The van der Waals surface area contributed by atoms with Crippen LogP contribution in [0.2, 0.25) is 0 Å². The molecule has 0 saturated carbocycles. The summed E-state index contributed by atoms with van der Waals surface area (Å²) in [6.45, 7) is 4.51. The number of benzene rings is 1. The normalized spacial score (nSPS) is 27.1. The number of carbonyl (C=O) groups is 1. The SMILES string of the molecule is CC1C(NC(=O)c2ccc(Sc3nc(C#N)co3)cc2)C2CCN1CC2. The van der Waals surface area contributed by atoms with Crippen molar-refractivity contribution in [3.05, 3.63) is 41.8 Å². The van der Waals surface area contributed by atoms with Crippen molar-refractivity contribution >= 4 is 17.7 Å². The van der Waals surface area contributed by atoms with Gasteiger partial charge in [0, 0.05) is 22.5 Å². The Bertz CT molecular complexity index is 832. The number of nitrogens with one attached hydrogen (secondary N) is 1. The van der Waals surface area contributed by atoms with E-state index in [2.05, 4.69) is 22.1 Å². The Kier molecular flexibility index (Phi) is 4.70. The molecule has 1 aromatic heterocycles. The van der Waals surface area contributed by atoms with Gasteiger partial charge in [0.1, 0.15) is 12.3 Å². The van der Waals surface area contributed by atoms with E-state index in [1.165, 1.54) is 30.9 Å². The summed E-state index contributed by atoms with van der Waals surface area (Å²) in [7, 11) is 0. The Labute approximate surface area is 156 Å². The van der Waals surface area contributed by atoms with Gasteiger partial charge in [0.2, 0.25) is 0 Å². The summed E-state index contributed by atoms with van der Waals surface area (Å²) in [6.07, 6.45) is 3.68. The Balaban J connectivity index is 1.40. The van der Waals surface area contributed by atoms with Gasteiger partial charge >= 0.3 is 0 Å². The fraction of sp³-hybridized carbons (Fsp3) is 0.421. The third kappa shape index (κ3) is 3.35. The number of fused-ring (bicyclic) bond motifs is 3. The van der Waals surface area contributed by atoms with Crippen LogP contribution in [0.3, 0.4) is 0 Å². The largest absolute Gasteiger partial charge is 0.438 e. The zero-order valence-electron chi connectivity index (χ0n) is 14.5. The third-order valence-electron chi connectivity index (χ3n) is 5.39. The topological polar surface area (TPSA) is 82.2 Å². The molecule has 1 aromatic carbocycles. The average Bonchev–Trinajstić information content (AvgIpc) is 3.13. The Hall–Kier alpha value is -2.30. The Morgan fingerprint density at radius 3 is 2.69 bits per heavy atom. The van der Waals surface area contributed by atoms with Gasteiger partial charge in [-0.15, -0.1) is 0 Å². The van der Waals surface area contributed by atoms with Crippen LogP contribution in [-0.4, -0.2) is 41.0 Å². The molecule has 7 heteroatoms. The monoisotopic (exact) mass is 368 g/mol. The van der Waals surface area contributed by atoms with E-state index in [9.17, 15) is 4.79 Å². The molecular formula is C19H20N4O2S. The Morgan fingerprint density at radius 1 is 1.35 bits per heavy atom. The lowest BCUT2D eigenvalue weighted by Crippen LogP contribution is -2.62. The van der Waals surface area contributed by atoms with Gasteiger partial charge in [0.25, 0.3) is 11.1 Å². The predicted octanol–water partition coefficient (Wildman–Crippen LogP) is 2.91. The number of rotatable bonds is 4. The van der Waals surface area contributed by atoms with E-state index in [0.717, 1.165) is 18.0 Å². The Morgan fingerprint density at radius 2 is 2.08 bits per heavy atom. The summed E-state index contributed by atoms with van der Waals surface area (Å²) in [5.74, 6) is 0.572. The lowest BCUT2D eigenvalue weighted by molar-refractivity contribution is 0.0217. The molecule has 3 aliphatic rings. The molecule has 1 amide bonds. The first kappa shape index (κ1) is 17.1. The minimum atomic E-state index is -0.0185. The van der Waals surface area contributed by atoms with E-state index in [1.54, 1.807) is 0 Å². The molecule has 5 rings (SSSR count). The van der Waals surface area contributed by atoms with Crippen LogP contribution in [-0.2, 0) is 0 Å². The van der Waals surface area contributed by atoms with E-state index in [0.29, 0.717) is 22.7 Å². The second kappa shape index (κ2) is 7.14. The van der Waals surface area contributed by atoms with Crippen LogP contribution in [0.1, 0.15) is 35.8 Å². The van der Waals surface area contributed by atoms with Crippen LogP contribution in [0.15, 0.2) is 45.1 Å². The fourth-order valence-electron chi connectivity index (χ4n) is 3.91. The van der Waals surface area contributed by atoms with Gasteiger partial charge in [-0.05, 0) is 74.8 Å². The van der Waals surface area contributed by atoms with Gasteiger partial charge in [0.05, 0.1) is 0 Å². The summed E-state index contributed by atoms with van der Waals surface area (Å²) in [6, 6.07) is 9.95. The van der Waals surface area contributed by atoms with Crippen molar-refractivity contribution in [3.8, 4) is 6.07 Å². The van der Waals surface area contributed by atoms with Gasteiger partial charge in [-0.25, -0.2) is 0 Å². The quantitative estimate of drug-likeness (QED) is 0.893. The summed E-state index contributed by atoms with van der Waals surface area (Å²) < 4.78 is 5.22. The molecule has 2 aromatic rings. The minimum Gasteiger partial charge on any atom is -0.438 e. The van der Waals surface area contributed by atoms with E-state index >= 15 is 0 Å². The molecule has 134 valence electrons. The molecule has 0 radical (unpaired) electrons. The van der Waals surface area contributed by atoms with E-state index in [-0.39, 0.29) is 17.6 Å². The van der Waals surface area contributed by atoms with Crippen molar-refractivity contribution < 1.29 is 9.21 Å². The lowest BCUT2D eigenvalue weighted by Gasteiger charge is -2.49. The molecule has 4 heterocycles. The highest BCUT2D eigenvalue weighted by Gasteiger charge is 2.40. The maximum Gasteiger partial charge on any atom is 0.261 e. The molecule has 3 fully saturated rings. The first-order valence-corrected chi connectivity index (χ1v) is 9.64. The molecule has 1 N–H and O–H groups in total. The van der Waals surface area contributed by atoms with Crippen molar-refractivity contribution in [2.75, 3.05) is 13.1 Å². The molecule has 3 aliphatic heterocycles. The molecule has 26 heavy (non-hydrogen) atoms. The van der Waals surface area contributed by atoms with E-state index in [4.69, 9.17) is 9.68 Å². The standard InChI is InChI=1S/C19H20N4O2S/c1-12-17(13-6-8-23(12)9-7-13)22-18(24)14-2-4-16(5-3-14)26-19-21-15(10-20)11-25-19/h2-5,11-13,17H,6-9H2,1H3,(H,22,24). The van der Waals surface area contributed by atoms with Crippen molar-refractivity contribution in [2.24, 2.45) is 5.92 Å². The average molecular weight is 368 g/mol. The highest BCUT2D eigenvalue weighted by Crippen LogP contribution is 2.32. The number of piperidine rings is 3. The van der Waals surface area contributed by atoms with Crippen LogP contribution >= 0.6 is 11.8 Å². The van der Waals surface area contributed by atoms with E-state index in [1.807, 2.05) is 30.3 Å². The number of hydrogen-bond acceptors (Lipinski definition) is 6. The van der Waals surface area contributed by atoms with Crippen LogP contribution in [0.4, 0.5) is 0 Å². The second-order valence-electron chi connectivity index (χ2n) is 6.85. The number of carbonyl (C=O) groups excluding carboxylic acids is 1. The maximum absolute atomic E-state index is 12.6. The van der Waals surface area contributed by atoms with Crippen LogP contribution in [0.25, 0.3) is 0 Å². The molecule has 2 unspecified atom stereocenters. The smallest absolute Gasteiger partial charge is 0.261 e. The molecular weight excluding hydrogens is 348 g/mol. The highest BCUT2D eigenvalue weighted by molar-refractivity contribution is 7.99. The number of hydrogen-bond donors (Lipinski definition) is 1. The zero-order chi connectivity index (χ0) is 18.1. The van der Waals surface area contributed by atoms with Crippen molar-refractivity contribution in [1.82, 2.24) is 15.2 Å². The molecule has 2 bridgehead atoms.